The van der Waals surface area contributed by atoms with Crippen LogP contribution in [-0.2, 0) is 13.0 Å². The number of rotatable bonds is 8. The molecule has 0 saturated carbocycles. The van der Waals surface area contributed by atoms with Crippen molar-refractivity contribution in [1.82, 2.24) is 25.2 Å². The number of para-hydroxylation sites is 2. The molecule has 0 aliphatic rings. The van der Waals surface area contributed by atoms with Gasteiger partial charge in [0.25, 0.3) is 0 Å². The van der Waals surface area contributed by atoms with Crippen LogP contribution >= 0.6 is 11.3 Å². The van der Waals surface area contributed by atoms with Gasteiger partial charge in [0.2, 0.25) is 0 Å². The highest BCUT2D eigenvalue weighted by atomic mass is 32.1. The number of fused-ring (bicyclic) bond motifs is 1. The third-order valence-electron chi connectivity index (χ3n) is 4.70. The third kappa shape index (κ3) is 5.10. The number of aryl methyl sites for hydroxylation is 4. The van der Waals surface area contributed by atoms with Gasteiger partial charge in [-0.15, -0.1) is 11.3 Å². The maximum atomic E-state index is 4.72. The van der Waals surface area contributed by atoms with Gasteiger partial charge in [-0.25, -0.2) is 9.97 Å². The fourth-order valence-corrected chi connectivity index (χ4v) is 4.11. The van der Waals surface area contributed by atoms with Crippen LogP contribution in [0.15, 0.2) is 29.3 Å². The molecule has 0 aliphatic carbocycles. The lowest BCUT2D eigenvalue weighted by molar-refractivity contribution is 0.646. The molecule has 1 aromatic carbocycles. The van der Waals surface area contributed by atoms with Gasteiger partial charge in [-0.05, 0) is 46.2 Å². The van der Waals surface area contributed by atoms with Crippen LogP contribution in [0.25, 0.3) is 11.0 Å². The van der Waals surface area contributed by atoms with Gasteiger partial charge in [-0.1, -0.05) is 12.1 Å². The molecule has 0 unspecified atom stereocenters. The normalized spacial score (nSPS) is 11.9. The SMILES string of the molecule is CCNC(=NCCCn1c(C)nc2ccccc21)NCCc1nc(C)c(C)s1. The Hall–Kier alpha value is -2.41. The molecule has 2 aromatic heterocycles. The monoisotopic (exact) mass is 398 g/mol. The molecule has 0 spiro atoms. The molecule has 150 valence electrons. The molecule has 0 fully saturated rings. The van der Waals surface area contributed by atoms with Gasteiger partial charge in [0.05, 0.1) is 21.7 Å². The molecule has 3 rings (SSSR count). The maximum Gasteiger partial charge on any atom is 0.191 e. The van der Waals surface area contributed by atoms with Crippen LogP contribution in [0, 0.1) is 20.8 Å². The number of nitrogens with one attached hydrogen (secondary N) is 2. The van der Waals surface area contributed by atoms with E-state index in [1.54, 1.807) is 11.3 Å². The van der Waals surface area contributed by atoms with Crippen molar-refractivity contribution in [3.8, 4) is 0 Å². The minimum absolute atomic E-state index is 0.775. The molecule has 0 bridgehead atoms. The molecule has 7 heteroatoms. The Balaban J connectivity index is 1.50. The second-order valence-electron chi connectivity index (χ2n) is 6.84. The predicted molar refractivity (Wildman–Crippen MR) is 118 cm³/mol. The highest BCUT2D eigenvalue weighted by molar-refractivity contribution is 7.11. The number of aromatic nitrogens is 3. The van der Waals surface area contributed by atoms with E-state index in [2.05, 4.69) is 71.1 Å². The zero-order valence-electron chi connectivity index (χ0n) is 17.2. The van der Waals surface area contributed by atoms with E-state index >= 15 is 0 Å². The first-order valence-electron chi connectivity index (χ1n) is 9.95. The van der Waals surface area contributed by atoms with Crippen molar-refractivity contribution in [3.63, 3.8) is 0 Å². The largest absolute Gasteiger partial charge is 0.357 e. The summed E-state index contributed by atoms with van der Waals surface area (Å²) in [5.41, 5.74) is 3.40. The molecular weight excluding hydrogens is 368 g/mol. The van der Waals surface area contributed by atoms with E-state index in [1.807, 2.05) is 6.07 Å². The van der Waals surface area contributed by atoms with Crippen LogP contribution in [-0.4, -0.2) is 40.1 Å². The average Bonchev–Trinajstić information content (AvgIpc) is 3.17. The van der Waals surface area contributed by atoms with E-state index in [4.69, 9.17) is 4.99 Å². The van der Waals surface area contributed by atoms with Crippen LogP contribution in [0.1, 0.15) is 34.7 Å². The van der Waals surface area contributed by atoms with Crippen molar-refractivity contribution in [3.05, 3.63) is 45.7 Å². The highest BCUT2D eigenvalue weighted by Gasteiger charge is 2.06. The lowest BCUT2D eigenvalue weighted by atomic mass is 10.3. The van der Waals surface area contributed by atoms with Gasteiger partial charge in [0.1, 0.15) is 5.82 Å². The van der Waals surface area contributed by atoms with Crippen LogP contribution in [0.3, 0.4) is 0 Å². The van der Waals surface area contributed by atoms with Crippen molar-refractivity contribution in [2.75, 3.05) is 19.6 Å². The summed E-state index contributed by atoms with van der Waals surface area (Å²) >= 11 is 1.78. The van der Waals surface area contributed by atoms with Crippen molar-refractivity contribution in [2.45, 2.75) is 47.1 Å². The van der Waals surface area contributed by atoms with Gasteiger partial charge in [0.15, 0.2) is 5.96 Å². The molecule has 0 radical (unpaired) electrons. The molecule has 0 atom stereocenters. The topological polar surface area (TPSA) is 67.1 Å². The Morgan fingerprint density at radius 2 is 1.96 bits per heavy atom. The zero-order chi connectivity index (χ0) is 19.9. The Bertz CT molecular complexity index is 920. The lowest BCUT2D eigenvalue weighted by Gasteiger charge is -2.11. The average molecular weight is 399 g/mol. The number of hydrogen-bond donors (Lipinski definition) is 2. The summed E-state index contributed by atoms with van der Waals surface area (Å²) in [5, 5.41) is 7.92. The smallest absolute Gasteiger partial charge is 0.191 e. The highest BCUT2D eigenvalue weighted by Crippen LogP contribution is 2.17. The van der Waals surface area contributed by atoms with Crippen LogP contribution < -0.4 is 10.6 Å². The summed E-state index contributed by atoms with van der Waals surface area (Å²) < 4.78 is 2.28. The van der Waals surface area contributed by atoms with E-state index in [1.165, 1.54) is 15.4 Å². The molecule has 28 heavy (non-hydrogen) atoms. The first-order valence-corrected chi connectivity index (χ1v) is 10.8. The molecular formula is C21H30N6S. The summed E-state index contributed by atoms with van der Waals surface area (Å²) in [7, 11) is 0. The standard InChI is InChI=1S/C21H30N6S/c1-5-22-21(24-13-11-20-25-15(2)16(3)28-20)23-12-8-14-27-17(4)26-18-9-6-7-10-19(18)27/h6-7,9-10H,5,8,11-14H2,1-4H3,(H2,22,23,24). The second-order valence-corrected chi connectivity index (χ2v) is 8.13. The third-order valence-corrected chi connectivity index (χ3v) is 5.84. The van der Waals surface area contributed by atoms with Gasteiger partial charge in [-0.3, -0.25) is 4.99 Å². The Morgan fingerprint density at radius 3 is 2.71 bits per heavy atom. The van der Waals surface area contributed by atoms with Crippen molar-refractivity contribution in [2.24, 2.45) is 4.99 Å². The number of thiazole rings is 1. The molecule has 2 heterocycles. The minimum Gasteiger partial charge on any atom is -0.357 e. The van der Waals surface area contributed by atoms with Gasteiger partial charge < -0.3 is 15.2 Å². The van der Waals surface area contributed by atoms with Crippen LogP contribution in [0.2, 0.25) is 0 Å². The minimum atomic E-state index is 0.775. The summed E-state index contributed by atoms with van der Waals surface area (Å²) in [6.45, 7) is 11.7. The Morgan fingerprint density at radius 1 is 1.14 bits per heavy atom. The summed E-state index contributed by atoms with van der Waals surface area (Å²) in [6, 6.07) is 8.30. The van der Waals surface area contributed by atoms with Crippen molar-refractivity contribution >= 4 is 28.3 Å². The fourth-order valence-electron chi connectivity index (χ4n) is 3.17. The van der Waals surface area contributed by atoms with Crippen LogP contribution in [0.4, 0.5) is 0 Å². The van der Waals surface area contributed by atoms with E-state index in [0.717, 1.165) is 62.0 Å². The quantitative estimate of drug-likeness (QED) is 0.346. The van der Waals surface area contributed by atoms with Crippen LogP contribution in [0.5, 0.6) is 0 Å². The van der Waals surface area contributed by atoms with E-state index < -0.39 is 0 Å². The van der Waals surface area contributed by atoms with E-state index in [-0.39, 0.29) is 0 Å². The molecule has 0 amide bonds. The number of hydrogen-bond acceptors (Lipinski definition) is 4. The number of benzene rings is 1. The zero-order valence-corrected chi connectivity index (χ0v) is 18.1. The first-order chi connectivity index (χ1) is 13.6. The van der Waals surface area contributed by atoms with E-state index in [0.29, 0.717) is 0 Å². The number of imidazole rings is 1. The fraction of sp³-hybridized carbons (Fsp3) is 0.476. The predicted octanol–water partition coefficient (Wildman–Crippen LogP) is 3.61. The first kappa shape index (κ1) is 20.3. The molecule has 0 saturated heterocycles. The Labute approximate surface area is 171 Å². The molecule has 6 nitrogen and oxygen atoms in total. The summed E-state index contributed by atoms with van der Waals surface area (Å²) in [4.78, 5) is 15.3. The second kappa shape index (κ2) is 9.68. The molecule has 2 N–H and O–H groups in total. The summed E-state index contributed by atoms with van der Waals surface area (Å²) in [6.07, 6.45) is 1.90. The van der Waals surface area contributed by atoms with Gasteiger partial charge in [-0.2, -0.15) is 0 Å². The molecule has 0 aliphatic heterocycles. The Kier molecular flexibility index (Phi) is 7.03. The van der Waals surface area contributed by atoms with Crippen molar-refractivity contribution in [1.29, 1.82) is 0 Å². The van der Waals surface area contributed by atoms with E-state index in [9.17, 15) is 0 Å². The molecule has 3 aromatic rings. The summed E-state index contributed by atoms with van der Waals surface area (Å²) in [5.74, 6) is 1.93. The lowest BCUT2D eigenvalue weighted by Crippen LogP contribution is -2.38. The van der Waals surface area contributed by atoms with Gasteiger partial charge in [0, 0.05) is 37.5 Å². The maximum absolute atomic E-state index is 4.72. The number of nitrogens with zero attached hydrogens (tertiary/aromatic N) is 4. The van der Waals surface area contributed by atoms with Crippen molar-refractivity contribution < 1.29 is 0 Å². The van der Waals surface area contributed by atoms with Gasteiger partial charge >= 0.3 is 0 Å². The number of aliphatic imine (C=N–C) groups is 1. The number of guanidine groups is 1.